The number of carboxylic acid groups (broad SMARTS) is 1. The van der Waals surface area contributed by atoms with Crippen molar-refractivity contribution in [2.24, 2.45) is 11.3 Å². The molecule has 1 N–H and O–H groups in total. The summed E-state index contributed by atoms with van der Waals surface area (Å²) in [6, 6.07) is 0. The van der Waals surface area contributed by atoms with Crippen LogP contribution in [0.5, 0.6) is 0 Å². The molecular weight excluding hydrogens is 252 g/mol. The van der Waals surface area contributed by atoms with Crippen LogP contribution in [-0.4, -0.2) is 40.0 Å². The first-order valence-electron chi connectivity index (χ1n) is 6.03. The Balaban J connectivity index is 1.61. The molecule has 1 saturated carbocycles. The fraction of sp³-hybridized carbons (Fsp3) is 0.583. The molecular formula is C12H14N2O3S. The molecule has 1 aliphatic heterocycles. The first-order chi connectivity index (χ1) is 8.62. The predicted molar refractivity (Wildman–Crippen MR) is 65.4 cm³/mol. The molecule has 2 fully saturated rings. The molecule has 1 spiro atoms. The van der Waals surface area contributed by atoms with Crippen LogP contribution in [0.15, 0.2) is 10.9 Å². The molecule has 1 atom stereocenters. The molecule has 0 aromatic carbocycles. The molecule has 1 saturated heterocycles. The van der Waals surface area contributed by atoms with Gasteiger partial charge in [-0.2, -0.15) is 0 Å². The van der Waals surface area contributed by atoms with E-state index in [4.69, 9.17) is 5.11 Å². The van der Waals surface area contributed by atoms with Gasteiger partial charge in [-0.05, 0) is 24.7 Å². The molecule has 1 aromatic heterocycles. The Bertz CT molecular complexity index is 478. The Hall–Kier alpha value is -1.43. The van der Waals surface area contributed by atoms with Crippen molar-refractivity contribution in [2.45, 2.75) is 19.3 Å². The second kappa shape index (κ2) is 4.05. The monoisotopic (exact) mass is 266 g/mol. The number of nitrogens with zero attached hydrogens (tertiary/aromatic N) is 2. The Kier molecular flexibility index (Phi) is 2.62. The quantitative estimate of drug-likeness (QED) is 0.880. The second-order valence-electron chi connectivity index (χ2n) is 5.12. The molecule has 1 unspecified atom stereocenters. The number of carbonyl (C=O) groups excluding carboxylic acids is 1. The zero-order valence-electron chi connectivity index (χ0n) is 9.83. The molecule has 3 rings (SSSR count). The van der Waals surface area contributed by atoms with Crippen molar-refractivity contribution in [3.05, 3.63) is 16.6 Å². The number of hydrogen-bond donors (Lipinski definition) is 1. The number of rotatable bonds is 2. The van der Waals surface area contributed by atoms with Gasteiger partial charge in [-0.15, -0.1) is 11.3 Å². The SMILES string of the molecule is O=C(O)C1CC12CCN(C(=O)c1cscn1)CC2. The summed E-state index contributed by atoms with van der Waals surface area (Å²) in [5.74, 6) is -0.901. The maximum Gasteiger partial charge on any atom is 0.307 e. The van der Waals surface area contributed by atoms with Gasteiger partial charge in [0.1, 0.15) is 5.69 Å². The van der Waals surface area contributed by atoms with Crippen molar-refractivity contribution in [2.75, 3.05) is 13.1 Å². The average molecular weight is 266 g/mol. The smallest absolute Gasteiger partial charge is 0.307 e. The number of amides is 1. The van der Waals surface area contributed by atoms with Crippen LogP contribution in [0.1, 0.15) is 29.8 Å². The molecule has 5 nitrogen and oxygen atoms in total. The largest absolute Gasteiger partial charge is 0.481 e. The van der Waals surface area contributed by atoms with Crippen molar-refractivity contribution < 1.29 is 14.7 Å². The fourth-order valence-corrected chi connectivity index (χ4v) is 3.41. The van der Waals surface area contributed by atoms with E-state index < -0.39 is 5.97 Å². The molecule has 1 amide bonds. The zero-order valence-corrected chi connectivity index (χ0v) is 10.7. The van der Waals surface area contributed by atoms with E-state index in [0.717, 1.165) is 19.3 Å². The molecule has 0 radical (unpaired) electrons. The average Bonchev–Trinajstić information content (AvgIpc) is 2.84. The molecule has 1 aromatic rings. The van der Waals surface area contributed by atoms with E-state index in [1.807, 2.05) is 0 Å². The van der Waals surface area contributed by atoms with Gasteiger partial charge in [0.15, 0.2) is 0 Å². The summed E-state index contributed by atoms with van der Waals surface area (Å²) in [6.07, 6.45) is 2.39. The first-order valence-corrected chi connectivity index (χ1v) is 6.97. The van der Waals surface area contributed by atoms with Crippen LogP contribution in [-0.2, 0) is 4.79 Å². The summed E-state index contributed by atoms with van der Waals surface area (Å²) < 4.78 is 0. The van der Waals surface area contributed by atoms with Crippen molar-refractivity contribution >= 4 is 23.2 Å². The van der Waals surface area contributed by atoms with Crippen molar-refractivity contribution in [3.8, 4) is 0 Å². The maximum absolute atomic E-state index is 12.1. The number of carboxylic acids is 1. The van der Waals surface area contributed by atoms with Gasteiger partial charge in [-0.1, -0.05) is 0 Å². The summed E-state index contributed by atoms with van der Waals surface area (Å²) in [5.41, 5.74) is 2.13. The Morgan fingerprint density at radius 2 is 2.17 bits per heavy atom. The molecule has 2 heterocycles. The predicted octanol–water partition coefficient (Wildman–Crippen LogP) is 1.47. The van der Waals surface area contributed by atoms with E-state index in [0.29, 0.717) is 18.8 Å². The molecule has 2 aliphatic rings. The van der Waals surface area contributed by atoms with Crippen molar-refractivity contribution in [3.63, 3.8) is 0 Å². The fourth-order valence-electron chi connectivity index (χ4n) is 2.88. The van der Waals surface area contributed by atoms with Crippen LogP contribution in [0.4, 0.5) is 0 Å². The minimum atomic E-state index is -0.686. The van der Waals surface area contributed by atoms with Gasteiger partial charge < -0.3 is 10.0 Å². The Morgan fingerprint density at radius 1 is 1.44 bits per heavy atom. The normalized spacial score (nSPS) is 25.1. The van der Waals surface area contributed by atoms with Gasteiger partial charge in [0.05, 0.1) is 11.4 Å². The van der Waals surface area contributed by atoms with E-state index in [2.05, 4.69) is 4.98 Å². The summed E-state index contributed by atoms with van der Waals surface area (Å²) in [7, 11) is 0. The third-order valence-corrected chi connectivity index (χ3v) is 4.77. The van der Waals surface area contributed by atoms with Crippen LogP contribution < -0.4 is 0 Å². The highest BCUT2D eigenvalue weighted by Crippen LogP contribution is 2.59. The maximum atomic E-state index is 12.1. The van der Waals surface area contributed by atoms with Crippen LogP contribution in [0.25, 0.3) is 0 Å². The molecule has 96 valence electrons. The van der Waals surface area contributed by atoms with Crippen molar-refractivity contribution in [1.29, 1.82) is 0 Å². The van der Waals surface area contributed by atoms with Gasteiger partial charge in [0, 0.05) is 18.5 Å². The van der Waals surface area contributed by atoms with Crippen LogP contribution in [0, 0.1) is 11.3 Å². The van der Waals surface area contributed by atoms with Crippen LogP contribution >= 0.6 is 11.3 Å². The van der Waals surface area contributed by atoms with Gasteiger partial charge >= 0.3 is 5.97 Å². The topological polar surface area (TPSA) is 70.5 Å². The lowest BCUT2D eigenvalue weighted by molar-refractivity contribution is -0.139. The lowest BCUT2D eigenvalue weighted by Crippen LogP contribution is -2.40. The highest BCUT2D eigenvalue weighted by Gasteiger charge is 2.59. The number of thiazole rings is 1. The van der Waals surface area contributed by atoms with E-state index in [9.17, 15) is 9.59 Å². The van der Waals surface area contributed by atoms with E-state index in [1.54, 1.807) is 15.8 Å². The number of likely N-dealkylation sites (tertiary alicyclic amines) is 1. The van der Waals surface area contributed by atoms with E-state index in [1.165, 1.54) is 11.3 Å². The summed E-state index contributed by atoms with van der Waals surface area (Å²) in [6.45, 7) is 1.31. The number of hydrogen-bond acceptors (Lipinski definition) is 4. The molecule has 1 aliphatic carbocycles. The van der Waals surface area contributed by atoms with Gasteiger partial charge in [-0.3, -0.25) is 9.59 Å². The van der Waals surface area contributed by atoms with E-state index >= 15 is 0 Å². The summed E-state index contributed by atoms with van der Waals surface area (Å²) in [4.78, 5) is 28.8. The minimum Gasteiger partial charge on any atom is -0.481 e. The second-order valence-corrected chi connectivity index (χ2v) is 5.84. The Labute approximate surface area is 108 Å². The van der Waals surface area contributed by atoms with Crippen LogP contribution in [0.3, 0.4) is 0 Å². The molecule has 18 heavy (non-hydrogen) atoms. The van der Waals surface area contributed by atoms with Gasteiger partial charge in [-0.25, -0.2) is 4.98 Å². The standard InChI is InChI=1S/C12H14N2O3S/c15-10(9-6-18-7-13-9)14-3-1-12(2-4-14)5-8(12)11(16)17/h6-8H,1-5H2,(H,16,17). The molecule has 0 bridgehead atoms. The lowest BCUT2D eigenvalue weighted by Gasteiger charge is -2.32. The molecule has 6 heteroatoms. The number of aliphatic carboxylic acids is 1. The Morgan fingerprint density at radius 3 is 2.67 bits per heavy atom. The summed E-state index contributed by atoms with van der Waals surface area (Å²) in [5, 5.41) is 10.8. The first kappa shape index (κ1) is 11.6. The number of aromatic nitrogens is 1. The van der Waals surface area contributed by atoms with Gasteiger partial charge in [0.2, 0.25) is 0 Å². The van der Waals surface area contributed by atoms with E-state index in [-0.39, 0.29) is 17.2 Å². The highest BCUT2D eigenvalue weighted by atomic mass is 32.1. The van der Waals surface area contributed by atoms with Crippen LogP contribution in [0.2, 0.25) is 0 Å². The van der Waals surface area contributed by atoms with Crippen molar-refractivity contribution in [1.82, 2.24) is 9.88 Å². The third kappa shape index (κ3) is 1.80. The third-order valence-electron chi connectivity index (χ3n) is 4.19. The minimum absolute atomic E-state index is 0.0231. The number of carbonyl (C=O) groups is 2. The summed E-state index contributed by atoms with van der Waals surface area (Å²) >= 11 is 1.41. The zero-order chi connectivity index (χ0) is 12.8. The number of piperidine rings is 1. The highest BCUT2D eigenvalue weighted by molar-refractivity contribution is 7.07. The van der Waals surface area contributed by atoms with Gasteiger partial charge in [0.25, 0.3) is 5.91 Å². The lowest BCUT2D eigenvalue weighted by atomic mass is 9.90.